The molecule has 2 aromatic rings. The van der Waals surface area contributed by atoms with Gasteiger partial charge >= 0.3 is 0 Å². The molecule has 0 atom stereocenters. The summed E-state index contributed by atoms with van der Waals surface area (Å²) in [5.41, 5.74) is 2.86. The molecule has 4 heteroatoms. The number of benzene rings is 2. The van der Waals surface area contributed by atoms with E-state index in [-0.39, 0.29) is 5.91 Å². The number of halogens is 1. The minimum absolute atomic E-state index is 0.0202. The number of hydrogen-bond donors (Lipinski definition) is 0. The fourth-order valence-corrected chi connectivity index (χ4v) is 2.38. The van der Waals surface area contributed by atoms with E-state index < -0.39 is 0 Å². The second-order valence-electron chi connectivity index (χ2n) is 4.68. The first-order valence-corrected chi connectivity index (χ1v) is 6.73. The number of amidine groups is 1. The Balaban J connectivity index is 2.12. The molecule has 0 fully saturated rings. The lowest BCUT2D eigenvalue weighted by Crippen LogP contribution is -2.37. The third-order valence-corrected chi connectivity index (χ3v) is 3.54. The fourth-order valence-electron chi connectivity index (χ4n) is 2.25. The molecule has 3 nitrogen and oxygen atoms in total. The number of carbonyl (C=O) groups is 1. The number of para-hydroxylation sites is 1. The van der Waals surface area contributed by atoms with E-state index in [1.807, 2.05) is 36.4 Å². The van der Waals surface area contributed by atoms with Gasteiger partial charge in [0.25, 0.3) is 0 Å². The van der Waals surface area contributed by atoms with Gasteiger partial charge in [0.2, 0.25) is 5.91 Å². The van der Waals surface area contributed by atoms with Crippen LogP contribution in [-0.2, 0) is 11.3 Å². The van der Waals surface area contributed by atoms with Crippen molar-refractivity contribution >= 4 is 29.0 Å². The first-order chi connectivity index (χ1) is 9.65. The number of aliphatic imine (C=N–C) groups is 1. The van der Waals surface area contributed by atoms with Crippen molar-refractivity contribution in [3.05, 3.63) is 64.7 Å². The maximum Gasteiger partial charge on any atom is 0.225 e. The lowest BCUT2D eigenvalue weighted by atomic mass is 10.1. The van der Waals surface area contributed by atoms with Crippen molar-refractivity contribution in [1.29, 1.82) is 0 Å². The van der Waals surface area contributed by atoms with E-state index in [1.54, 1.807) is 24.0 Å². The van der Waals surface area contributed by atoms with Gasteiger partial charge < -0.3 is 0 Å². The Labute approximate surface area is 122 Å². The van der Waals surface area contributed by atoms with Gasteiger partial charge in [-0.05, 0) is 35.9 Å². The number of fused-ring (bicyclic) bond motifs is 1. The van der Waals surface area contributed by atoms with Crippen molar-refractivity contribution < 1.29 is 4.79 Å². The number of hydrogen-bond acceptors (Lipinski definition) is 2. The Hall–Kier alpha value is -2.13. The van der Waals surface area contributed by atoms with Crippen LogP contribution in [0.2, 0.25) is 5.02 Å². The van der Waals surface area contributed by atoms with Crippen molar-refractivity contribution in [3.8, 4) is 0 Å². The molecule has 0 aromatic heterocycles. The van der Waals surface area contributed by atoms with Gasteiger partial charge in [-0.15, -0.1) is 0 Å². The molecule has 0 saturated carbocycles. The minimum Gasteiger partial charge on any atom is -0.292 e. The van der Waals surface area contributed by atoms with E-state index in [0.29, 0.717) is 17.4 Å². The molecule has 100 valence electrons. The molecular formula is C16H13ClN2O. The van der Waals surface area contributed by atoms with Crippen LogP contribution >= 0.6 is 11.6 Å². The van der Waals surface area contributed by atoms with Gasteiger partial charge in [0.05, 0.1) is 12.2 Å². The van der Waals surface area contributed by atoms with E-state index in [2.05, 4.69) is 4.99 Å². The van der Waals surface area contributed by atoms with Gasteiger partial charge in [-0.3, -0.25) is 9.69 Å². The molecule has 0 spiro atoms. The minimum atomic E-state index is -0.0202. The van der Waals surface area contributed by atoms with Crippen molar-refractivity contribution in [3.63, 3.8) is 0 Å². The molecule has 0 radical (unpaired) electrons. The summed E-state index contributed by atoms with van der Waals surface area (Å²) < 4.78 is 0. The highest BCUT2D eigenvalue weighted by molar-refractivity contribution is 6.30. The predicted molar refractivity (Wildman–Crippen MR) is 80.3 cm³/mol. The van der Waals surface area contributed by atoms with Crippen molar-refractivity contribution in [2.45, 2.75) is 13.5 Å². The van der Waals surface area contributed by atoms with E-state index in [4.69, 9.17) is 11.6 Å². The Morgan fingerprint density at radius 2 is 1.85 bits per heavy atom. The van der Waals surface area contributed by atoms with Crippen molar-refractivity contribution in [2.24, 2.45) is 4.99 Å². The summed E-state index contributed by atoms with van der Waals surface area (Å²) in [6.45, 7) is 2.10. The van der Waals surface area contributed by atoms with E-state index in [0.717, 1.165) is 16.8 Å². The van der Waals surface area contributed by atoms with Crippen LogP contribution in [0, 0.1) is 0 Å². The molecule has 0 N–H and O–H groups in total. The molecule has 20 heavy (non-hydrogen) atoms. The van der Waals surface area contributed by atoms with Gasteiger partial charge in [-0.25, -0.2) is 4.99 Å². The molecule has 0 aliphatic carbocycles. The standard InChI is InChI=1S/C16H13ClN2O/c1-11(20)19-10-13-4-2-3-5-15(13)18-16(19)12-6-8-14(17)9-7-12/h2-9H,10H2,1H3. The Bertz CT molecular complexity index is 692. The molecule has 1 aliphatic rings. The molecular weight excluding hydrogens is 272 g/mol. The first kappa shape index (κ1) is 12.9. The molecule has 1 heterocycles. The summed E-state index contributed by atoms with van der Waals surface area (Å²) in [6.07, 6.45) is 0. The van der Waals surface area contributed by atoms with Crippen LogP contribution in [0.1, 0.15) is 18.1 Å². The summed E-state index contributed by atoms with van der Waals surface area (Å²) in [6, 6.07) is 15.2. The van der Waals surface area contributed by atoms with Crippen LogP contribution < -0.4 is 0 Å². The number of amides is 1. The summed E-state index contributed by atoms with van der Waals surface area (Å²) in [7, 11) is 0. The molecule has 2 aromatic carbocycles. The van der Waals surface area contributed by atoms with Crippen LogP contribution in [-0.4, -0.2) is 16.6 Å². The highest BCUT2D eigenvalue weighted by Gasteiger charge is 2.23. The van der Waals surface area contributed by atoms with Crippen LogP contribution in [0.15, 0.2) is 53.5 Å². The summed E-state index contributed by atoms with van der Waals surface area (Å²) in [4.78, 5) is 18.2. The second-order valence-corrected chi connectivity index (χ2v) is 5.11. The Morgan fingerprint density at radius 1 is 1.15 bits per heavy atom. The van der Waals surface area contributed by atoms with Crippen LogP contribution in [0.25, 0.3) is 0 Å². The van der Waals surface area contributed by atoms with Gasteiger partial charge in [-0.1, -0.05) is 29.8 Å². The van der Waals surface area contributed by atoms with Gasteiger partial charge in [-0.2, -0.15) is 0 Å². The lowest BCUT2D eigenvalue weighted by molar-refractivity contribution is -0.125. The normalized spacial score (nSPS) is 13.7. The summed E-state index contributed by atoms with van der Waals surface area (Å²) in [5.74, 6) is 0.654. The first-order valence-electron chi connectivity index (χ1n) is 6.36. The topological polar surface area (TPSA) is 32.7 Å². The molecule has 3 rings (SSSR count). The van der Waals surface area contributed by atoms with E-state index >= 15 is 0 Å². The summed E-state index contributed by atoms with van der Waals surface area (Å²) in [5, 5.41) is 0.667. The van der Waals surface area contributed by atoms with Crippen LogP contribution in [0.3, 0.4) is 0 Å². The van der Waals surface area contributed by atoms with Gasteiger partial charge in [0.15, 0.2) is 0 Å². The SMILES string of the molecule is CC(=O)N1Cc2ccccc2N=C1c1ccc(Cl)cc1. The zero-order valence-corrected chi connectivity index (χ0v) is 11.8. The van der Waals surface area contributed by atoms with E-state index in [1.165, 1.54) is 0 Å². The van der Waals surface area contributed by atoms with Crippen molar-refractivity contribution in [1.82, 2.24) is 4.90 Å². The fraction of sp³-hybridized carbons (Fsp3) is 0.125. The average Bonchev–Trinajstić information content (AvgIpc) is 2.46. The van der Waals surface area contributed by atoms with Crippen LogP contribution in [0.5, 0.6) is 0 Å². The molecule has 1 amide bonds. The number of nitrogens with zero attached hydrogens (tertiary/aromatic N) is 2. The molecule has 0 saturated heterocycles. The third kappa shape index (κ3) is 2.32. The number of rotatable bonds is 1. The molecule has 0 bridgehead atoms. The number of carbonyl (C=O) groups excluding carboxylic acids is 1. The Morgan fingerprint density at radius 3 is 2.55 bits per heavy atom. The summed E-state index contributed by atoms with van der Waals surface area (Å²) >= 11 is 5.91. The molecule has 1 aliphatic heterocycles. The van der Waals surface area contributed by atoms with Gasteiger partial charge in [0, 0.05) is 17.5 Å². The maximum atomic E-state index is 11.9. The lowest BCUT2D eigenvalue weighted by Gasteiger charge is -2.28. The smallest absolute Gasteiger partial charge is 0.225 e. The second kappa shape index (κ2) is 5.10. The monoisotopic (exact) mass is 284 g/mol. The van der Waals surface area contributed by atoms with E-state index in [9.17, 15) is 4.79 Å². The van der Waals surface area contributed by atoms with Crippen LogP contribution in [0.4, 0.5) is 5.69 Å². The quantitative estimate of drug-likeness (QED) is 0.784. The molecule has 0 unspecified atom stereocenters. The predicted octanol–water partition coefficient (Wildman–Crippen LogP) is 3.78. The third-order valence-electron chi connectivity index (χ3n) is 3.28. The Kier molecular flexibility index (Phi) is 3.28. The largest absolute Gasteiger partial charge is 0.292 e. The van der Waals surface area contributed by atoms with Gasteiger partial charge in [0.1, 0.15) is 5.84 Å². The highest BCUT2D eigenvalue weighted by atomic mass is 35.5. The average molecular weight is 285 g/mol. The zero-order valence-electron chi connectivity index (χ0n) is 11.0. The maximum absolute atomic E-state index is 11.9. The highest BCUT2D eigenvalue weighted by Crippen LogP contribution is 2.28. The van der Waals surface area contributed by atoms with Crippen molar-refractivity contribution in [2.75, 3.05) is 0 Å². The zero-order chi connectivity index (χ0) is 14.1.